The minimum Gasteiger partial charge on any atom is -0.507 e. The Balaban J connectivity index is 2.19. The van der Waals surface area contributed by atoms with Crippen LogP contribution in [0.25, 0.3) is 5.76 Å². The van der Waals surface area contributed by atoms with Crippen LogP contribution >= 0.6 is 0 Å². The number of aliphatic hydroxyl groups excluding tert-OH is 1. The van der Waals surface area contributed by atoms with Gasteiger partial charge in [-0.1, -0.05) is 18.2 Å². The van der Waals surface area contributed by atoms with Gasteiger partial charge in [0.1, 0.15) is 11.5 Å². The predicted molar refractivity (Wildman–Crippen MR) is 118 cm³/mol. The highest BCUT2D eigenvalue weighted by molar-refractivity contribution is 6.46. The van der Waals surface area contributed by atoms with E-state index in [0.717, 1.165) is 0 Å². The number of aliphatic hydroxyl groups is 1. The summed E-state index contributed by atoms with van der Waals surface area (Å²) in [5.74, 6) is -1.29. The van der Waals surface area contributed by atoms with Crippen molar-refractivity contribution in [2.75, 3.05) is 34.0 Å². The zero-order valence-corrected chi connectivity index (χ0v) is 18.3. The molecule has 0 aromatic heterocycles. The van der Waals surface area contributed by atoms with Gasteiger partial charge in [-0.05, 0) is 43.2 Å². The highest BCUT2D eigenvalue weighted by Gasteiger charge is 2.46. The van der Waals surface area contributed by atoms with Crippen LogP contribution in [0.1, 0.15) is 30.5 Å². The average Bonchev–Trinajstić information content (AvgIpc) is 3.05. The Labute approximate surface area is 186 Å². The molecule has 32 heavy (non-hydrogen) atoms. The Kier molecular flexibility index (Phi) is 7.37. The largest absolute Gasteiger partial charge is 0.507 e. The number of amides is 1. The van der Waals surface area contributed by atoms with Crippen LogP contribution in [-0.4, -0.2) is 60.8 Å². The number of carbonyl (C=O) groups excluding carboxylic acids is 2. The van der Waals surface area contributed by atoms with Crippen molar-refractivity contribution >= 4 is 17.4 Å². The number of hydrogen-bond donors (Lipinski definition) is 2. The predicted octanol–water partition coefficient (Wildman–Crippen LogP) is 3.26. The summed E-state index contributed by atoms with van der Waals surface area (Å²) in [4.78, 5) is 27.4. The van der Waals surface area contributed by atoms with Crippen LogP contribution in [0.5, 0.6) is 17.2 Å². The normalized spacial score (nSPS) is 17.6. The molecule has 1 heterocycles. The standard InChI is InChI=1S/C24H27NO7/c1-4-32-19-14-15(10-11-17(19)26)21-20(22(27)16-8-5-6-9-18(16)31-3)23(28)24(29)25(21)12-7-13-30-2/h5-6,8-11,14,21,26-27H,4,7,12-13H2,1-3H3/b22-20-. The average molecular weight is 441 g/mol. The van der Waals surface area contributed by atoms with Gasteiger partial charge < -0.3 is 29.3 Å². The minimum absolute atomic E-state index is 0.0509. The van der Waals surface area contributed by atoms with Gasteiger partial charge in [0.25, 0.3) is 11.7 Å². The SMILES string of the molecule is CCOc1cc(C2/C(=C(/O)c3ccccc3OC)C(=O)C(=O)N2CCCOC)ccc1O. The number of carbonyl (C=O) groups is 2. The molecule has 1 aliphatic heterocycles. The molecule has 0 bridgehead atoms. The number of likely N-dealkylation sites (tertiary alicyclic amines) is 1. The summed E-state index contributed by atoms with van der Waals surface area (Å²) in [5, 5.41) is 21.3. The number of phenolic OH excluding ortho intramolecular Hbond substituents is 1. The van der Waals surface area contributed by atoms with Gasteiger partial charge in [-0.15, -0.1) is 0 Å². The van der Waals surface area contributed by atoms with E-state index in [0.29, 0.717) is 36.5 Å². The van der Waals surface area contributed by atoms with Gasteiger partial charge in [-0.25, -0.2) is 0 Å². The molecule has 170 valence electrons. The van der Waals surface area contributed by atoms with Crippen LogP contribution in [0.4, 0.5) is 0 Å². The highest BCUT2D eigenvalue weighted by Crippen LogP contribution is 2.42. The third-order valence-electron chi connectivity index (χ3n) is 5.25. The fourth-order valence-corrected chi connectivity index (χ4v) is 3.79. The molecule has 1 saturated heterocycles. The Morgan fingerprint density at radius 1 is 1.09 bits per heavy atom. The van der Waals surface area contributed by atoms with E-state index in [4.69, 9.17) is 14.2 Å². The number of ether oxygens (including phenoxy) is 3. The van der Waals surface area contributed by atoms with Crippen LogP contribution in [0.2, 0.25) is 0 Å². The minimum atomic E-state index is -0.864. The molecule has 2 aromatic carbocycles. The number of Topliss-reactive ketones (excluding diaryl/α,β-unsaturated/α-hetero) is 1. The number of rotatable bonds is 9. The number of benzene rings is 2. The van der Waals surface area contributed by atoms with Gasteiger partial charge in [-0.3, -0.25) is 9.59 Å². The van der Waals surface area contributed by atoms with Crippen molar-refractivity contribution in [1.29, 1.82) is 0 Å². The molecule has 0 aliphatic carbocycles. The molecule has 1 fully saturated rings. The van der Waals surface area contributed by atoms with Crippen molar-refractivity contribution in [3.8, 4) is 17.2 Å². The summed E-state index contributed by atoms with van der Waals surface area (Å²) in [7, 11) is 3.02. The molecule has 1 atom stereocenters. The number of phenols is 1. The first-order valence-electron chi connectivity index (χ1n) is 10.3. The molecule has 0 radical (unpaired) electrons. The number of aromatic hydroxyl groups is 1. The quantitative estimate of drug-likeness (QED) is 0.266. The van der Waals surface area contributed by atoms with Gasteiger partial charge in [0, 0.05) is 20.3 Å². The molecule has 3 rings (SSSR count). The lowest BCUT2D eigenvalue weighted by Crippen LogP contribution is -2.31. The van der Waals surface area contributed by atoms with E-state index in [2.05, 4.69) is 0 Å². The first-order valence-corrected chi connectivity index (χ1v) is 10.3. The van der Waals surface area contributed by atoms with E-state index >= 15 is 0 Å². The zero-order chi connectivity index (χ0) is 23.3. The maximum Gasteiger partial charge on any atom is 0.295 e. The highest BCUT2D eigenvalue weighted by atomic mass is 16.5. The van der Waals surface area contributed by atoms with Gasteiger partial charge in [0.15, 0.2) is 11.5 Å². The van der Waals surface area contributed by atoms with Crippen molar-refractivity contribution in [2.24, 2.45) is 0 Å². The molecule has 2 aromatic rings. The Morgan fingerprint density at radius 2 is 1.84 bits per heavy atom. The van der Waals surface area contributed by atoms with Crippen LogP contribution in [0.15, 0.2) is 48.0 Å². The summed E-state index contributed by atoms with van der Waals surface area (Å²) >= 11 is 0. The lowest BCUT2D eigenvalue weighted by atomic mass is 9.94. The van der Waals surface area contributed by atoms with Gasteiger partial charge in [0.05, 0.1) is 30.9 Å². The molecule has 0 saturated carbocycles. The van der Waals surface area contributed by atoms with Crippen LogP contribution in [-0.2, 0) is 14.3 Å². The molecule has 1 unspecified atom stereocenters. The molecule has 2 N–H and O–H groups in total. The van der Waals surface area contributed by atoms with Crippen molar-refractivity contribution in [2.45, 2.75) is 19.4 Å². The Hall–Kier alpha value is -3.52. The van der Waals surface area contributed by atoms with Crippen molar-refractivity contribution in [1.82, 2.24) is 4.90 Å². The lowest BCUT2D eigenvalue weighted by Gasteiger charge is -2.26. The fourth-order valence-electron chi connectivity index (χ4n) is 3.79. The third kappa shape index (κ3) is 4.40. The van der Waals surface area contributed by atoms with E-state index in [9.17, 15) is 19.8 Å². The summed E-state index contributed by atoms with van der Waals surface area (Å²) in [5.41, 5.74) is 0.781. The second kappa shape index (κ2) is 10.2. The zero-order valence-electron chi connectivity index (χ0n) is 18.3. The van der Waals surface area contributed by atoms with E-state index in [1.807, 2.05) is 0 Å². The number of ketones is 1. The van der Waals surface area contributed by atoms with Gasteiger partial charge in [0.2, 0.25) is 0 Å². The number of nitrogens with zero attached hydrogens (tertiary/aromatic N) is 1. The number of hydrogen-bond acceptors (Lipinski definition) is 7. The number of methoxy groups -OCH3 is 2. The van der Waals surface area contributed by atoms with E-state index in [-0.39, 0.29) is 29.4 Å². The molecule has 1 aliphatic rings. The monoisotopic (exact) mass is 441 g/mol. The van der Waals surface area contributed by atoms with Crippen molar-refractivity contribution in [3.05, 3.63) is 59.2 Å². The maximum atomic E-state index is 13.1. The van der Waals surface area contributed by atoms with Crippen molar-refractivity contribution in [3.63, 3.8) is 0 Å². The molecule has 1 amide bonds. The fraction of sp³-hybridized carbons (Fsp3) is 0.333. The van der Waals surface area contributed by atoms with Crippen LogP contribution in [0.3, 0.4) is 0 Å². The first-order chi connectivity index (χ1) is 15.4. The smallest absolute Gasteiger partial charge is 0.295 e. The topological polar surface area (TPSA) is 106 Å². The van der Waals surface area contributed by atoms with E-state index < -0.39 is 17.7 Å². The molecule has 8 nitrogen and oxygen atoms in total. The summed E-state index contributed by atoms with van der Waals surface area (Å²) < 4.78 is 15.9. The lowest BCUT2D eigenvalue weighted by molar-refractivity contribution is -0.140. The Bertz CT molecular complexity index is 1030. The number of para-hydroxylation sites is 1. The maximum absolute atomic E-state index is 13.1. The summed E-state index contributed by atoms with van der Waals surface area (Å²) in [6, 6.07) is 10.5. The molecular formula is C24H27NO7. The van der Waals surface area contributed by atoms with Gasteiger partial charge >= 0.3 is 0 Å². The molecule has 0 spiro atoms. The summed E-state index contributed by atoms with van der Waals surface area (Å²) in [6.45, 7) is 2.76. The summed E-state index contributed by atoms with van der Waals surface area (Å²) in [6.07, 6.45) is 0.505. The van der Waals surface area contributed by atoms with E-state index in [1.165, 1.54) is 18.1 Å². The Morgan fingerprint density at radius 3 is 2.53 bits per heavy atom. The van der Waals surface area contributed by atoms with Crippen molar-refractivity contribution < 1.29 is 34.0 Å². The second-order valence-corrected chi connectivity index (χ2v) is 7.20. The van der Waals surface area contributed by atoms with E-state index in [1.54, 1.807) is 50.4 Å². The molecule has 8 heteroatoms. The van der Waals surface area contributed by atoms with Crippen LogP contribution in [0, 0.1) is 0 Å². The van der Waals surface area contributed by atoms with Gasteiger partial charge in [-0.2, -0.15) is 0 Å². The van der Waals surface area contributed by atoms with Crippen LogP contribution < -0.4 is 9.47 Å². The third-order valence-corrected chi connectivity index (χ3v) is 5.25. The first kappa shape index (κ1) is 23.1. The second-order valence-electron chi connectivity index (χ2n) is 7.20. The molecular weight excluding hydrogens is 414 g/mol.